The molecule has 2 atom stereocenters. The molecule has 0 radical (unpaired) electrons. The predicted molar refractivity (Wildman–Crippen MR) is 71.8 cm³/mol. The standard InChI is InChI=1S/C13H24N4/c1-11(14)13(12-5-7-15-8-6-12)17(4)10-9-16(2)3/h5-8,11,13H,9-10,14H2,1-4H3. The summed E-state index contributed by atoms with van der Waals surface area (Å²) in [6, 6.07) is 4.43. The van der Waals surface area contributed by atoms with E-state index in [1.807, 2.05) is 24.5 Å². The van der Waals surface area contributed by atoms with Gasteiger partial charge in [-0.05, 0) is 45.8 Å². The van der Waals surface area contributed by atoms with Gasteiger partial charge in [-0.2, -0.15) is 0 Å². The Hall–Kier alpha value is -0.970. The molecule has 1 aromatic rings. The first-order valence-corrected chi connectivity index (χ1v) is 6.03. The van der Waals surface area contributed by atoms with Crippen LogP contribution >= 0.6 is 0 Å². The van der Waals surface area contributed by atoms with Crippen LogP contribution in [0.2, 0.25) is 0 Å². The van der Waals surface area contributed by atoms with E-state index in [-0.39, 0.29) is 12.1 Å². The van der Waals surface area contributed by atoms with E-state index < -0.39 is 0 Å². The maximum Gasteiger partial charge on any atom is 0.0495 e. The first kappa shape index (κ1) is 14.1. The van der Waals surface area contributed by atoms with Crippen LogP contribution in [-0.4, -0.2) is 55.1 Å². The predicted octanol–water partition coefficient (Wildman–Crippen LogP) is 0.963. The maximum absolute atomic E-state index is 6.10. The second-order valence-corrected chi connectivity index (χ2v) is 4.87. The molecule has 0 aliphatic rings. The lowest BCUT2D eigenvalue weighted by molar-refractivity contribution is 0.198. The van der Waals surface area contributed by atoms with Crippen LogP contribution in [0.25, 0.3) is 0 Å². The molecule has 1 aromatic heterocycles. The van der Waals surface area contributed by atoms with Crippen molar-refractivity contribution in [3.8, 4) is 0 Å². The summed E-state index contributed by atoms with van der Waals surface area (Å²) in [7, 11) is 6.29. The Labute approximate surface area is 104 Å². The molecule has 1 heterocycles. The molecule has 4 nitrogen and oxygen atoms in total. The molecule has 0 aliphatic carbocycles. The highest BCUT2D eigenvalue weighted by Crippen LogP contribution is 2.21. The molecule has 17 heavy (non-hydrogen) atoms. The smallest absolute Gasteiger partial charge is 0.0495 e. The first-order chi connectivity index (χ1) is 8.02. The summed E-state index contributed by atoms with van der Waals surface area (Å²) in [5, 5.41) is 0. The summed E-state index contributed by atoms with van der Waals surface area (Å²) in [6.07, 6.45) is 3.65. The Morgan fingerprint density at radius 1 is 1.18 bits per heavy atom. The van der Waals surface area contributed by atoms with Gasteiger partial charge in [0.2, 0.25) is 0 Å². The normalized spacial score (nSPS) is 15.2. The Bertz CT molecular complexity index is 310. The number of rotatable bonds is 6. The summed E-state index contributed by atoms with van der Waals surface area (Å²) in [5.41, 5.74) is 7.33. The van der Waals surface area contributed by atoms with Crippen molar-refractivity contribution in [1.29, 1.82) is 0 Å². The summed E-state index contributed by atoms with van der Waals surface area (Å²) in [5.74, 6) is 0. The van der Waals surface area contributed by atoms with Crippen molar-refractivity contribution in [3.63, 3.8) is 0 Å². The highest BCUT2D eigenvalue weighted by Gasteiger charge is 2.20. The summed E-state index contributed by atoms with van der Waals surface area (Å²) < 4.78 is 0. The van der Waals surface area contributed by atoms with Crippen molar-refractivity contribution in [2.45, 2.75) is 19.0 Å². The van der Waals surface area contributed by atoms with E-state index in [1.54, 1.807) is 0 Å². The lowest BCUT2D eigenvalue weighted by Crippen LogP contribution is -2.40. The molecule has 0 aliphatic heterocycles. The largest absolute Gasteiger partial charge is 0.326 e. The third-order valence-electron chi connectivity index (χ3n) is 2.92. The zero-order valence-corrected chi connectivity index (χ0v) is 11.3. The van der Waals surface area contributed by atoms with Crippen molar-refractivity contribution < 1.29 is 0 Å². The minimum absolute atomic E-state index is 0.101. The van der Waals surface area contributed by atoms with Gasteiger partial charge in [0.25, 0.3) is 0 Å². The van der Waals surface area contributed by atoms with E-state index in [2.05, 4.69) is 42.9 Å². The minimum Gasteiger partial charge on any atom is -0.326 e. The Kier molecular flexibility index (Phi) is 5.55. The number of pyridine rings is 1. The fourth-order valence-corrected chi connectivity index (χ4v) is 2.02. The molecule has 4 heteroatoms. The average Bonchev–Trinajstić information content (AvgIpc) is 2.27. The summed E-state index contributed by atoms with van der Waals surface area (Å²) in [6.45, 7) is 4.09. The van der Waals surface area contributed by atoms with E-state index in [9.17, 15) is 0 Å². The number of hydrogen-bond acceptors (Lipinski definition) is 4. The number of nitrogens with two attached hydrogens (primary N) is 1. The molecule has 0 amide bonds. The van der Waals surface area contributed by atoms with Crippen molar-refractivity contribution in [2.75, 3.05) is 34.2 Å². The quantitative estimate of drug-likeness (QED) is 0.799. The number of likely N-dealkylation sites (N-methyl/N-ethyl adjacent to an activating group) is 2. The molecule has 0 saturated carbocycles. The van der Waals surface area contributed by atoms with Crippen LogP contribution in [0.4, 0.5) is 0 Å². The number of aromatic nitrogens is 1. The maximum atomic E-state index is 6.10. The number of hydrogen-bond donors (Lipinski definition) is 1. The molecule has 0 aromatic carbocycles. The Morgan fingerprint density at radius 3 is 2.24 bits per heavy atom. The average molecular weight is 236 g/mol. The van der Waals surface area contributed by atoms with Crippen LogP contribution in [0.1, 0.15) is 18.5 Å². The van der Waals surface area contributed by atoms with Gasteiger partial charge in [0, 0.05) is 37.6 Å². The van der Waals surface area contributed by atoms with Gasteiger partial charge < -0.3 is 10.6 Å². The molecule has 1 rings (SSSR count). The van der Waals surface area contributed by atoms with E-state index in [0.29, 0.717) is 0 Å². The Balaban J connectivity index is 2.72. The topological polar surface area (TPSA) is 45.4 Å². The fraction of sp³-hybridized carbons (Fsp3) is 0.615. The van der Waals surface area contributed by atoms with Gasteiger partial charge >= 0.3 is 0 Å². The van der Waals surface area contributed by atoms with E-state index in [4.69, 9.17) is 5.73 Å². The monoisotopic (exact) mass is 236 g/mol. The SMILES string of the molecule is CC(N)C(c1ccncc1)N(C)CCN(C)C. The molecule has 0 fully saturated rings. The fourth-order valence-electron chi connectivity index (χ4n) is 2.02. The van der Waals surface area contributed by atoms with Crippen LogP contribution in [0.3, 0.4) is 0 Å². The molecule has 96 valence electrons. The zero-order chi connectivity index (χ0) is 12.8. The van der Waals surface area contributed by atoms with Crippen LogP contribution in [0.5, 0.6) is 0 Å². The van der Waals surface area contributed by atoms with Gasteiger partial charge in [-0.25, -0.2) is 0 Å². The highest BCUT2D eigenvalue weighted by atomic mass is 15.2. The van der Waals surface area contributed by atoms with Crippen molar-refractivity contribution in [2.24, 2.45) is 5.73 Å². The van der Waals surface area contributed by atoms with Gasteiger partial charge in [-0.1, -0.05) is 0 Å². The van der Waals surface area contributed by atoms with Gasteiger partial charge in [-0.3, -0.25) is 9.88 Å². The lowest BCUT2D eigenvalue weighted by atomic mass is 10.0. The zero-order valence-electron chi connectivity index (χ0n) is 11.3. The lowest BCUT2D eigenvalue weighted by Gasteiger charge is -2.32. The van der Waals surface area contributed by atoms with E-state index in [1.165, 1.54) is 5.56 Å². The molecule has 0 spiro atoms. The minimum atomic E-state index is 0.101. The molecule has 2 N–H and O–H groups in total. The Morgan fingerprint density at radius 2 is 1.76 bits per heavy atom. The van der Waals surface area contributed by atoms with Crippen LogP contribution in [0, 0.1) is 0 Å². The van der Waals surface area contributed by atoms with Gasteiger partial charge in [0.15, 0.2) is 0 Å². The summed E-state index contributed by atoms with van der Waals surface area (Å²) in [4.78, 5) is 8.54. The van der Waals surface area contributed by atoms with Crippen molar-refractivity contribution in [1.82, 2.24) is 14.8 Å². The third kappa shape index (κ3) is 4.42. The van der Waals surface area contributed by atoms with Crippen LogP contribution in [-0.2, 0) is 0 Å². The van der Waals surface area contributed by atoms with Gasteiger partial charge in [0.05, 0.1) is 0 Å². The van der Waals surface area contributed by atoms with Crippen molar-refractivity contribution >= 4 is 0 Å². The highest BCUT2D eigenvalue weighted by molar-refractivity contribution is 5.16. The molecule has 0 saturated heterocycles. The molecular formula is C13H24N4. The molecular weight excluding hydrogens is 212 g/mol. The first-order valence-electron chi connectivity index (χ1n) is 6.03. The van der Waals surface area contributed by atoms with E-state index >= 15 is 0 Å². The molecule has 0 bridgehead atoms. The molecule has 2 unspecified atom stereocenters. The van der Waals surface area contributed by atoms with Gasteiger partial charge in [0.1, 0.15) is 0 Å². The third-order valence-corrected chi connectivity index (χ3v) is 2.92. The van der Waals surface area contributed by atoms with Crippen molar-refractivity contribution in [3.05, 3.63) is 30.1 Å². The second kappa shape index (κ2) is 6.69. The van der Waals surface area contributed by atoms with Crippen LogP contribution in [0.15, 0.2) is 24.5 Å². The van der Waals surface area contributed by atoms with Gasteiger partial charge in [-0.15, -0.1) is 0 Å². The van der Waals surface area contributed by atoms with E-state index in [0.717, 1.165) is 13.1 Å². The summed E-state index contributed by atoms with van der Waals surface area (Å²) >= 11 is 0. The second-order valence-electron chi connectivity index (χ2n) is 4.87. The number of nitrogens with zero attached hydrogens (tertiary/aromatic N) is 3. The van der Waals surface area contributed by atoms with Crippen LogP contribution < -0.4 is 5.73 Å².